The van der Waals surface area contributed by atoms with E-state index in [1.165, 1.54) is 37.2 Å². The van der Waals surface area contributed by atoms with Crippen molar-refractivity contribution in [1.82, 2.24) is 24.8 Å². The average Bonchev–Trinajstić information content (AvgIpc) is 3.38. The summed E-state index contributed by atoms with van der Waals surface area (Å²) in [6.45, 7) is 5.76. The number of carbonyl (C=O) groups excluding carboxylic acids is 1. The van der Waals surface area contributed by atoms with E-state index < -0.39 is 11.6 Å². The predicted molar refractivity (Wildman–Crippen MR) is 180 cm³/mol. The van der Waals surface area contributed by atoms with Gasteiger partial charge in [-0.15, -0.1) is 11.3 Å². The number of nitriles is 1. The van der Waals surface area contributed by atoms with Gasteiger partial charge < -0.3 is 25.0 Å². The van der Waals surface area contributed by atoms with Crippen LogP contribution in [0.15, 0.2) is 31.0 Å². The van der Waals surface area contributed by atoms with Gasteiger partial charge >= 0.3 is 6.01 Å². The number of hydrogen-bond donors (Lipinski definition) is 1. The van der Waals surface area contributed by atoms with Crippen LogP contribution < -0.4 is 15.4 Å². The Morgan fingerprint density at radius 3 is 2.79 bits per heavy atom. The number of pyridine rings is 1. The van der Waals surface area contributed by atoms with Crippen LogP contribution in [0, 0.1) is 28.4 Å². The molecule has 2 N–H and O–H groups in total. The van der Waals surface area contributed by atoms with Crippen molar-refractivity contribution < 1.29 is 23.0 Å². The molecule has 48 heavy (non-hydrogen) atoms. The third-order valence-corrected chi connectivity index (χ3v) is 11.2. The number of likely N-dealkylation sites (N-methyl/N-ethyl adjacent to an activating group) is 2. The number of benzene rings is 1. The SMILES string of the molecule is C=CC(=O)N1CC[C@@H](N(C)c2nc(OC[C@@H]3CC4(CC4)CN3C)nc3c(F)c(-c4ccc(F)c5sc(N)c(C#N)c45)ncc23)[C@H]1COC. The summed E-state index contributed by atoms with van der Waals surface area (Å²) >= 11 is 0.931. The average molecular weight is 675 g/mol. The number of nitrogens with zero attached hydrogens (tertiary/aromatic N) is 7. The molecule has 1 spiro atoms. The molecule has 0 unspecified atom stereocenters. The van der Waals surface area contributed by atoms with E-state index in [0.29, 0.717) is 36.2 Å². The summed E-state index contributed by atoms with van der Waals surface area (Å²) in [5.41, 5.74) is 6.57. The van der Waals surface area contributed by atoms with Crippen molar-refractivity contribution in [3.63, 3.8) is 0 Å². The Hall–Kier alpha value is -4.45. The molecular formula is C34H36F2N8O3S. The molecule has 2 saturated heterocycles. The van der Waals surface area contributed by atoms with Gasteiger partial charge in [-0.1, -0.05) is 6.58 Å². The summed E-state index contributed by atoms with van der Waals surface area (Å²) in [6.07, 6.45) is 6.82. The molecule has 7 rings (SSSR count). The van der Waals surface area contributed by atoms with Crippen molar-refractivity contribution >= 4 is 49.1 Å². The monoisotopic (exact) mass is 674 g/mol. The molecule has 3 aromatic heterocycles. The van der Waals surface area contributed by atoms with E-state index in [-0.39, 0.29) is 74.1 Å². The molecule has 3 aliphatic rings. The van der Waals surface area contributed by atoms with Crippen molar-refractivity contribution in [3.8, 4) is 23.3 Å². The van der Waals surface area contributed by atoms with Gasteiger partial charge in [-0.25, -0.2) is 8.78 Å². The molecule has 0 radical (unpaired) electrons. The van der Waals surface area contributed by atoms with Gasteiger partial charge in [-0.3, -0.25) is 14.7 Å². The second-order valence-corrected chi connectivity index (χ2v) is 14.1. The lowest BCUT2D eigenvalue weighted by Gasteiger charge is -2.33. The number of aromatic nitrogens is 3. The number of likely N-dealkylation sites (tertiary alicyclic amines) is 2. The highest BCUT2D eigenvalue weighted by molar-refractivity contribution is 7.23. The largest absolute Gasteiger partial charge is 0.462 e. The van der Waals surface area contributed by atoms with Crippen LogP contribution in [0.4, 0.5) is 19.6 Å². The highest BCUT2D eigenvalue weighted by Crippen LogP contribution is 2.54. The number of anilines is 2. The molecule has 1 aliphatic carbocycles. The van der Waals surface area contributed by atoms with Crippen molar-refractivity contribution in [2.75, 3.05) is 58.1 Å². The normalized spacial score (nSPS) is 21.7. The first kappa shape index (κ1) is 32.1. The van der Waals surface area contributed by atoms with Gasteiger partial charge in [-0.2, -0.15) is 15.2 Å². The number of methoxy groups -OCH3 is 1. The molecule has 1 saturated carbocycles. The molecule has 0 bridgehead atoms. The van der Waals surface area contributed by atoms with Gasteiger partial charge in [0.15, 0.2) is 5.82 Å². The lowest BCUT2D eigenvalue weighted by atomic mass is 10.0. The molecule has 1 amide bonds. The lowest BCUT2D eigenvalue weighted by molar-refractivity contribution is -0.127. The van der Waals surface area contributed by atoms with Gasteiger partial charge in [0.2, 0.25) is 5.91 Å². The first-order valence-electron chi connectivity index (χ1n) is 15.8. The van der Waals surface area contributed by atoms with Crippen LogP contribution in [-0.4, -0.2) is 96.3 Å². The first-order chi connectivity index (χ1) is 23.1. The third kappa shape index (κ3) is 5.30. The Morgan fingerprint density at radius 2 is 2.10 bits per heavy atom. The summed E-state index contributed by atoms with van der Waals surface area (Å²) in [4.78, 5) is 32.5. The molecule has 2 aliphatic heterocycles. The number of ether oxygens (including phenoxy) is 2. The van der Waals surface area contributed by atoms with Gasteiger partial charge in [-0.05, 0) is 56.4 Å². The van der Waals surface area contributed by atoms with E-state index in [9.17, 15) is 14.4 Å². The summed E-state index contributed by atoms with van der Waals surface area (Å²) in [7, 11) is 5.50. The van der Waals surface area contributed by atoms with Crippen molar-refractivity contribution in [1.29, 1.82) is 5.26 Å². The quantitative estimate of drug-likeness (QED) is 0.248. The summed E-state index contributed by atoms with van der Waals surface area (Å²) in [5.74, 6) is -1.15. The Bertz CT molecular complexity index is 1990. The second-order valence-electron chi connectivity index (χ2n) is 13.1. The maximum absolute atomic E-state index is 16.8. The maximum Gasteiger partial charge on any atom is 0.319 e. The highest BCUT2D eigenvalue weighted by Gasteiger charge is 2.51. The van der Waals surface area contributed by atoms with Crippen LogP contribution in [0.2, 0.25) is 0 Å². The Balaban J connectivity index is 1.34. The zero-order valence-corrected chi connectivity index (χ0v) is 27.8. The Kier molecular flexibility index (Phi) is 8.17. The molecule has 3 fully saturated rings. The standard InChI is InChI=1S/C34H36F2N8O3S/c1-5-25(45)44-11-8-23(24(44)16-46-4)43(3)32-21-14-39-28(19-6-7-22(35)30-26(19)20(13-37)31(38)48-30)27(36)29(21)40-33(41-32)47-15-18-12-34(9-10-34)17-42(18)2/h5-7,14,18,23-24H,1,8-12,15-17,38H2,2-4H3/t18-,23+,24+/m0/s1. The highest BCUT2D eigenvalue weighted by atomic mass is 32.1. The van der Waals surface area contributed by atoms with E-state index in [1.807, 2.05) is 18.0 Å². The molecule has 11 nitrogen and oxygen atoms in total. The van der Waals surface area contributed by atoms with Gasteiger partial charge in [0.1, 0.15) is 40.5 Å². The number of rotatable bonds is 9. The Labute approximate surface area is 280 Å². The molecule has 5 heterocycles. The number of fused-ring (bicyclic) bond motifs is 2. The van der Waals surface area contributed by atoms with Crippen LogP contribution in [0.1, 0.15) is 31.2 Å². The number of thiophene rings is 1. The van der Waals surface area contributed by atoms with Crippen molar-refractivity contribution in [3.05, 3.63) is 48.2 Å². The van der Waals surface area contributed by atoms with Crippen LogP contribution in [0.25, 0.3) is 32.2 Å². The topological polar surface area (TPSA) is 134 Å². The molecule has 1 aromatic carbocycles. The number of hydrogen-bond acceptors (Lipinski definition) is 11. The minimum Gasteiger partial charge on any atom is -0.462 e. The second kappa shape index (κ2) is 12.2. The molecular weight excluding hydrogens is 638 g/mol. The minimum absolute atomic E-state index is 0.00704. The predicted octanol–water partition coefficient (Wildman–Crippen LogP) is 4.74. The van der Waals surface area contributed by atoms with Crippen molar-refractivity contribution in [2.45, 2.75) is 43.8 Å². The van der Waals surface area contributed by atoms with Crippen LogP contribution >= 0.6 is 11.3 Å². The fraction of sp³-hybridized carbons (Fsp3) is 0.441. The minimum atomic E-state index is -0.769. The zero-order chi connectivity index (χ0) is 33.9. The molecule has 14 heteroatoms. The van der Waals surface area contributed by atoms with E-state index in [2.05, 4.69) is 28.5 Å². The van der Waals surface area contributed by atoms with Gasteiger partial charge in [0, 0.05) is 50.4 Å². The van der Waals surface area contributed by atoms with E-state index in [1.54, 1.807) is 12.0 Å². The number of amides is 1. The Morgan fingerprint density at radius 1 is 1.31 bits per heavy atom. The molecule has 4 aromatic rings. The van der Waals surface area contributed by atoms with Gasteiger partial charge in [0.05, 0.1) is 34.3 Å². The zero-order valence-electron chi connectivity index (χ0n) is 27.0. The fourth-order valence-corrected chi connectivity index (χ4v) is 8.47. The number of halogens is 2. The van der Waals surface area contributed by atoms with Crippen LogP contribution in [-0.2, 0) is 9.53 Å². The first-order valence-corrected chi connectivity index (χ1v) is 16.7. The van der Waals surface area contributed by atoms with E-state index in [4.69, 9.17) is 20.2 Å². The summed E-state index contributed by atoms with van der Waals surface area (Å²) < 4.78 is 43.5. The fourth-order valence-electron chi connectivity index (χ4n) is 7.52. The number of nitrogens with two attached hydrogens (primary N) is 1. The third-order valence-electron chi connectivity index (χ3n) is 10.2. The van der Waals surface area contributed by atoms with Crippen LogP contribution in [0.3, 0.4) is 0 Å². The van der Waals surface area contributed by atoms with Gasteiger partial charge in [0.25, 0.3) is 0 Å². The maximum atomic E-state index is 16.8. The number of carbonyl (C=O) groups is 1. The smallest absolute Gasteiger partial charge is 0.319 e. The van der Waals surface area contributed by atoms with E-state index in [0.717, 1.165) is 24.3 Å². The van der Waals surface area contributed by atoms with E-state index >= 15 is 4.39 Å². The summed E-state index contributed by atoms with van der Waals surface area (Å²) in [6, 6.07) is 4.27. The number of nitrogen functional groups attached to an aromatic ring is 1. The van der Waals surface area contributed by atoms with Crippen LogP contribution in [0.5, 0.6) is 6.01 Å². The molecule has 3 atom stereocenters. The van der Waals surface area contributed by atoms with Crippen molar-refractivity contribution in [2.24, 2.45) is 5.41 Å². The lowest BCUT2D eigenvalue weighted by Crippen LogP contribution is -2.48. The summed E-state index contributed by atoms with van der Waals surface area (Å²) in [5, 5.41) is 10.5. The molecule has 250 valence electrons.